The Balaban J connectivity index is 0.00000133. The highest BCUT2D eigenvalue weighted by Gasteiger charge is 2.17. The maximum Gasteiger partial charge on any atom is 0.255 e. The van der Waals surface area contributed by atoms with Crippen molar-refractivity contribution in [3.63, 3.8) is 0 Å². The number of carbonyl (C=O) groups is 1. The lowest BCUT2D eigenvalue weighted by Gasteiger charge is -2.09. The summed E-state index contributed by atoms with van der Waals surface area (Å²) in [6.07, 6.45) is 4.60. The Hall–Kier alpha value is -1.59. The van der Waals surface area contributed by atoms with Crippen LogP contribution in [0.4, 0.5) is 0 Å². The Labute approximate surface area is 117 Å². The molecule has 1 aliphatic rings. The minimum Gasteiger partial charge on any atom is -0.352 e. The highest BCUT2D eigenvalue weighted by Crippen LogP contribution is 2.10. The monoisotopic (exact) mass is 280 g/mol. The molecule has 1 amide bonds. The first-order valence-corrected chi connectivity index (χ1v) is 6.26. The second kappa shape index (κ2) is 6.04. The molecule has 6 heteroatoms. The standard InChI is InChI=1S/C13H16N4O.ClH/c18-13(15-8-10-4-5-14-7-10)11-9-16-17-6-2-1-3-12(11)17;/h1-3,6,9-10,14H,4-5,7-8H2,(H,15,18);1H. The molecule has 19 heavy (non-hydrogen) atoms. The van der Waals surface area contributed by atoms with Crippen molar-refractivity contribution in [2.45, 2.75) is 6.42 Å². The molecule has 2 aromatic heterocycles. The van der Waals surface area contributed by atoms with Crippen molar-refractivity contribution in [3.8, 4) is 0 Å². The minimum atomic E-state index is -0.0388. The maximum absolute atomic E-state index is 12.1. The van der Waals surface area contributed by atoms with Gasteiger partial charge in [-0.1, -0.05) is 6.07 Å². The number of hydrogen-bond donors (Lipinski definition) is 2. The van der Waals surface area contributed by atoms with Gasteiger partial charge in [-0.25, -0.2) is 4.52 Å². The van der Waals surface area contributed by atoms with Crippen molar-refractivity contribution < 1.29 is 4.79 Å². The number of aromatic nitrogens is 2. The van der Waals surface area contributed by atoms with Crippen LogP contribution in [0.25, 0.3) is 5.52 Å². The van der Waals surface area contributed by atoms with E-state index in [1.54, 1.807) is 10.7 Å². The lowest BCUT2D eigenvalue weighted by molar-refractivity contribution is 0.0950. The van der Waals surface area contributed by atoms with Crippen molar-refractivity contribution in [3.05, 3.63) is 36.2 Å². The third-order valence-corrected chi connectivity index (χ3v) is 3.38. The molecule has 0 radical (unpaired) electrons. The first kappa shape index (κ1) is 13.8. The molecule has 1 saturated heterocycles. The third kappa shape index (κ3) is 2.88. The van der Waals surface area contributed by atoms with Gasteiger partial charge in [-0.15, -0.1) is 12.4 Å². The van der Waals surface area contributed by atoms with E-state index in [4.69, 9.17) is 0 Å². The predicted molar refractivity (Wildman–Crippen MR) is 75.7 cm³/mol. The minimum absolute atomic E-state index is 0. The quantitative estimate of drug-likeness (QED) is 0.885. The van der Waals surface area contributed by atoms with E-state index in [2.05, 4.69) is 15.7 Å². The van der Waals surface area contributed by atoms with Crippen LogP contribution in [-0.4, -0.2) is 35.2 Å². The van der Waals surface area contributed by atoms with Gasteiger partial charge in [0, 0.05) is 12.7 Å². The molecule has 0 bridgehead atoms. The number of nitrogens with one attached hydrogen (secondary N) is 2. The Bertz CT molecular complexity index is 563. The zero-order chi connectivity index (χ0) is 12.4. The second-order valence-electron chi connectivity index (χ2n) is 4.66. The van der Waals surface area contributed by atoms with Gasteiger partial charge >= 0.3 is 0 Å². The first-order chi connectivity index (χ1) is 8.84. The summed E-state index contributed by atoms with van der Waals surface area (Å²) in [4.78, 5) is 12.1. The summed E-state index contributed by atoms with van der Waals surface area (Å²) >= 11 is 0. The van der Waals surface area contributed by atoms with E-state index in [9.17, 15) is 4.79 Å². The summed E-state index contributed by atoms with van der Waals surface area (Å²) in [5.41, 5.74) is 1.49. The van der Waals surface area contributed by atoms with Crippen LogP contribution in [0.2, 0.25) is 0 Å². The Morgan fingerprint density at radius 2 is 2.42 bits per heavy atom. The van der Waals surface area contributed by atoms with Crippen molar-refractivity contribution in [1.82, 2.24) is 20.2 Å². The largest absolute Gasteiger partial charge is 0.352 e. The number of amides is 1. The number of fused-ring (bicyclic) bond motifs is 1. The number of carbonyl (C=O) groups excluding carboxylic acids is 1. The molecular formula is C13H17ClN4O. The average molecular weight is 281 g/mol. The molecule has 0 spiro atoms. The number of pyridine rings is 1. The van der Waals surface area contributed by atoms with Crippen LogP contribution < -0.4 is 10.6 Å². The summed E-state index contributed by atoms with van der Waals surface area (Å²) in [5, 5.41) is 10.4. The van der Waals surface area contributed by atoms with Gasteiger partial charge in [-0.2, -0.15) is 5.10 Å². The summed E-state index contributed by atoms with van der Waals surface area (Å²) in [5.74, 6) is 0.513. The average Bonchev–Trinajstić information content (AvgIpc) is 3.05. The van der Waals surface area contributed by atoms with E-state index in [0.717, 1.165) is 31.6 Å². The lowest BCUT2D eigenvalue weighted by Crippen LogP contribution is -2.30. The molecule has 1 unspecified atom stereocenters. The lowest BCUT2D eigenvalue weighted by atomic mass is 10.1. The topological polar surface area (TPSA) is 58.4 Å². The van der Waals surface area contributed by atoms with Crippen molar-refractivity contribution >= 4 is 23.8 Å². The fourth-order valence-corrected chi connectivity index (χ4v) is 2.33. The van der Waals surface area contributed by atoms with E-state index < -0.39 is 0 Å². The maximum atomic E-state index is 12.1. The molecule has 102 valence electrons. The molecule has 2 aromatic rings. The molecular weight excluding hydrogens is 264 g/mol. The third-order valence-electron chi connectivity index (χ3n) is 3.38. The fourth-order valence-electron chi connectivity index (χ4n) is 2.33. The van der Waals surface area contributed by atoms with Gasteiger partial charge < -0.3 is 10.6 Å². The van der Waals surface area contributed by atoms with Crippen LogP contribution >= 0.6 is 12.4 Å². The number of rotatable bonds is 3. The molecule has 1 fully saturated rings. The van der Waals surface area contributed by atoms with Gasteiger partial charge in [0.25, 0.3) is 5.91 Å². The van der Waals surface area contributed by atoms with Crippen LogP contribution in [0.1, 0.15) is 16.8 Å². The molecule has 5 nitrogen and oxygen atoms in total. The highest BCUT2D eigenvalue weighted by atomic mass is 35.5. The summed E-state index contributed by atoms with van der Waals surface area (Å²) in [6, 6.07) is 5.71. The van der Waals surface area contributed by atoms with Gasteiger partial charge in [0.15, 0.2) is 0 Å². The smallest absolute Gasteiger partial charge is 0.255 e. The van der Waals surface area contributed by atoms with Crippen molar-refractivity contribution in [1.29, 1.82) is 0 Å². The fraction of sp³-hybridized carbons (Fsp3) is 0.385. The van der Waals surface area contributed by atoms with E-state index in [-0.39, 0.29) is 18.3 Å². The van der Waals surface area contributed by atoms with Crippen LogP contribution in [0.5, 0.6) is 0 Å². The Morgan fingerprint density at radius 3 is 3.21 bits per heavy atom. The van der Waals surface area contributed by atoms with Gasteiger partial charge in [-0.05, 0) is 37.6 Å². The zero-order valence-corrected chi connectivity index (χ0v) is 11.3. The van der Waals surface area contributed by atoms with Crippen LogP contribution in [-0.2, 0) is 0 Å². The van der Waals surface area contributed by atoms with Gasteiger partial charge in [0.1, 0.15) is 0 Å². The number of halogens is 1. The van der Waals surface area contributed by atoms with Crippen LogP contribution in [0.15, 0.2) is 30.6 Å². The van der Waals surface area contributed by atoms with Gasteiger partial charge in [0.05, 0.1) is 17.3 Å². The molecule has 3 rings (SSSR count). The molecule has 0 aromatic carbocycles. The van der Waals surface area contributed by atoms with E-state index in [1.807, 2.05) is 24.4 Å². The van der Waals surface area contributed by atoms with Crippen LogP contribution in [0.3, 0.4) is 0 Å². The summed E-state index contributed by atoms with van der Waals surface area (Å²) in [6.45, 7) is 2.78. The predicted octanol–water partition coefficient (Wildman–Crippen LogP) is 1.10. The van der Waals surface area contributed by atoms with Gasteiger partial charge in [0.2, 0.25) is 0 Å². The van der Waals surface area contributed by atoms with E-state index in [0.29, 0.717) is 11.5 Å². The van der Waals surface area contributed by atoms with Crippen molar-refractivity contribution in [2.75, 3.05) is 19.6 Å². The molecule has 2 N–H and O–H groups in total. The summed E-state index contributed by atoms with van der Waals surface area (Å²) in [7, 11) is 0. The summed E-state index contributed by atoms with van der Waals surface area (Å²) < 4.78 is 1.71. The SMILES string of the molecule is Cl.O=C(NCC1CCNC1)c1cnn2ccccc12. The van der Waals surface area contributed by atoms with Gasteiger partial charge in [-0.3, -0.25) is 4.79 Å². The second-order valence-corrected chi connectivity index (χ2v) is 4.66. The van der Waals surface area contributed by atoms with Crippen LogP contribution in [0, 0.1) is 5.92 Å². The number of nitrogens with zero attached hydrogens (tertiary/aromatic N) is 2. The molecule has 0 aliphatic carbocycles. The van der Waals surface area contributed by atoms with Crippen molar-refractivity contribution in [2.24, 2.45) is 5.92 Å². The molecule has 3 heterocycles. The Morgan fingerprint density at radius 1 is 1.53 bits per heavy atom. The normalized spacial score (nSPS) is 18.2. The van der Waals surface area contributed by atoms with E-state index in [1.165, 1.54) is 0 Å². The zero-order valence-electron chi connectivity index (χ0n) is 10.5. The Kier molecular flexibility index (Phi) is 4.39. The first-order valence-electron chi connectivity index (χ1n) is 6.26. The molecule has 1 aliphatic heterocycles. The number of hydrogen-bond acceptors (Lipinski definition) is 3. The molecule has 1 atom stereocenters. The highest BCUT2D eigenvalue weighted by molar-refractivity contribution is 6.00. The van der Waals surface area contributed by atoms with E-state index >= 15 is 0 Å². The molecule has 0 saturated carbocycles.